The van der Waals surface area contributed by atoms with Crippen molar-refractivity contribution in [2.75, 3.05) is 21.3 Å². The van der Waals surface area contributed by atoms with Crippen LogP contribution < -0.4 is 0 Å². The summed E-state index contributed by atoms with van der Waals surface area (Å²) in [7, 11) is -2.59. The summed E-state index contributed by atoms with van der Waals surface area (Å²) in [5.41, 5.74) is 0. The third-order valence-corrected chi connectivity index (χ3v) is 4.20. The molecule has 0 amide bonds. The van der Waals surface area contributed by atoms with Crippen molar-refractivity contribution in [1.29, 1.82) is 0 Å². The largest absolute Gasteiger partial charge is 0.683 e. The van der Waals surface area contributed by atoms with E-state index >= 15 is 0 Å². The van der Waals surface area contributed by atoms with Gasteiger partial charge in [0.25, 0.3) is 0 Å². The van der Waals surface area contributed by atoms with E-state index in [1.54, 1.807) is 0 Å². The summed E-state index contributed by atoms with van der Waals surface area (Å²) in [6.07, 6.45) is -18.1. The van der Waals surface area contributed by atoms with Crippen LogP contribution in [-0.2, 0) is 17.7 Å². The molecular formula is C8H12F8O4Si. The van der Waals surface area contributed by atoms with Crippen LogP contribution in [0.15, 0.2) is 0 Å². The van der Waals surface area contributed by atoms with Crippen LogP contribution in [0, 0.1) is 0 Å². The van der Waals surface area contributed by atoms with Crippen molar-refractivity contribution in [3.63, 3.8) is 0 Å². The lowest BCUT2D eigenvalue weighted by Gasteiger charge is -2.33. The van der Waals surface area contributed by atoms with Crippen molar-refractivity contribution in [2.24, 2.45) is 0 Å². The van der Waals surface area contributed by atoms with Gasteiger partial charge in [-0.2, -0.15) is 30.7 Å². The maximum atomic E-state index is 13.3. The molecule has 0 rings (SSSR count). The number of alkyl halides is 8. The second kappa shape index (κ2) is 6.72. The van der Waals surface area contributed by atoms with Gasteiger partial charge in [0.1, 0.15) is 0 Å². The van der Waals surface area contributed by atoms with E-state index in [0.29, 0.717) is 0 Å². The van der Waals surface area contributed by atoms with E-state index in [1.165, 1.54) is 0 Å². The van der Waals surface area contributed by atoms with Crippen LogP contribution in [-0.4, -0.2) is 54.8 Å². The van der Waals surface area contributed by atoms with Crippen molar-refractivity contribution in [2.45, 2.75) is 30.8 Å². The Kier molecular flexibility index (Phi) is 6.56. The molecule has 0 aromatic heterocycles. The summed E-state index contributed by atoms with van der Waals surface area (Å²) < 4.78 is 118. The predicted molar refractivity (Wildman–Crippen MR) is 53.3 cm³/mol. The van der Waals surface area contributed by atoms with E-state index in [0.717, 1.165) is 21.3 Å². The highest BCUT2D eigenvalue weighted by atomic mass is 28.4. The van der Waals surface area contributed by atoms with E-state index in [-0.39, 0.29) is 0 Å². The van der Waals surface area contributed by atoms with Gasteiger partial charge in [-0.15, -0.1) is 0 Å². The zero-order chi connectivity index (χ0) is 17.1. The van der Waals surface area contributed by atoms with Crippen molar-refractivity contribution >= 4 is 9.05 Å². The van der Waals surface area contributed by atoms with Gasteiger partial charge in [-0.05, 0) is 0 Å². The van der Waals surface area contributed by atoms with Crippen molar-refractivity contribution < 1.29 is 52.8 Å². The summed E-state index contributed by atoms with van der Waals surface area (Å²) >= 11 is 0. The first kappa shape index (κ1) is 20.5. The molecule has 13 heteroatoms. The number of hydrogen-bond acceptors (Lipinski definition) is 4. The number of rotatable bonds is 8. The molecule has 0 aliphatic rings. The molecule has 0 heterocycles. The van der Waals surface area contributed by atoms with Crippen molar-refractivity contribution in [1.82, 2.24) is 0 Å². The van der Waals surface area contributed by atoms with Gasteiger partial charge in [0.05, 0.1) is 6.42 Å². The normalized spacial score (nSPS) is 16.1. The Morgan fingerprint density at radius 2 is 1.24 bits per heavy atom. The highest BCUT2D eigenvalue weighted by Gasteiger charge is 2.69. The Labute approximate surface area is 115 Å². The van der Waals surface area contributed by atoms with Crippen LogP contribution in [0.5, 0.6) is 0 Å². The fourth-order valence-electron chi connectivity index (χ4n) is 1.11. The van der Waals surface area contributed by atoms with Crippen molar-refractivity contribution in [3.8, 4) is 0 Å². The van der Waals surface area contributed by atoms with E-state index in [9.17, 15) is 35.1 Å². The molecule has 0 aromatic carbocycles. The average molecular weight is 352 g/mol. The molecular weight excluding hydrogens is 340 g/mol. The minimum Gasteiger partial charge on any atom is -0.354 e. The molecule has 0 aliphatic heterocycles. The van der Waals surface area contributed by atoms with Gasteiger partial charge < -0.3 is 13.3 Å². The Morgan fingerprint density at radius 1 is 0.857 bits per heavy atom. The molecule has 0 fully saturated rings. The lowest BCUT2D eigenvalue weighted by Crippen LogP contribution is -2.59. The summed E-state index contributed by atoms with van der Waals surface area (Å²) in [6.45, 7) is 0. The third-order valence-electron chi connectivity index (χ3n) is 2.20. The van der Waals surface area contributed by atoms with Crippen LogP contribution >= 0.6 is 0 Å². The molecule has 1 unspecified atom stereocenters. The Hall–Kier alpha value is -0.503. The molecule has 4 nitrogen and oxygen atoms in total. The smallest absolute Gasteiger partial charge is 0.354 e. The molecule has 21 heavy (non-hydrogen) atoms. The van der Waals surface area contributed by atoms with E-state index in [4.69, 9.17) is 0 Å². The maximum absolute atomic E-state index is 13.3. The number of halogens is 8. The second-order valence-electron chi connectivity index (χ2n) is 3.64. The second-order valence-corrected chi connectivity index (χ2v) is 6.07. The minimum absolute atomic E-state index is 0.718. The van der Waals surface area contributed by atoms with E-state index in [2.05, 4.69) is 17.7 Å². The molecule has 0 radical (unpaired) electrons. The monoisotopic (exact) mass is 352 g/mol. The number of hydrogen-bond donors (Lipinski definition) is 0. The quantitative estimate of drug-likeness (QED) is 0.497. The zero-order valence-electron chi connectivity index (χ0n) is 10.9. The molecule has 0 aliphatic carbocycles. The third kappa shape index (κ3) is 5.02. The average Bonchev–Trinajstić information content (AvgIpc) is 2.33. The van der Waals surface area contributed by atoms with Crippen LogP contribution in [0.3, 0.4) is 0 Å². The van der Waals surface area contributed by atoms with Gasteiger partial charge in [-0.25, -0.2) is 4.39 Å². The van der Waals surface area contributed by atoms with Gasteiger partial charge >= 0.3 is 27.3 Å². The molecule has 0 aromatic rings. The van der Waals surface area contributed by atoms with Crippen LogP contribution in [0.4, 0.5) is 35.1 Å². The SMILES string of the molecule is CO[Si](OC)(OC)OC(F)(F)C(F)(F)C(F)CC(F)(F)F. The molecule has 128 valence electrons. The molecule has 0 bridgehead atoms. The summed E-state index contributed by atoms with van der Waals surface area (Å²) in [6, 6.07) is 0. The topological polar surface area (TPSA) is 36.9 Å². The van der Waals surface area contributed by atoms with Crippen molar-refractivity contribution in [3.05, 3.63) is 0 Å². The highest BCUT2D eigenvalue weighted by molar-refractivity contribution is 6.53. The van der Waals surface area contributed by atoms with E-state index < -0.39 is 39.8 Å². The predicted octanol–water partition coefficient (Wildman–Crippen LogP) is 2.90. The minimum atomic E-state index is -5.78. The Morgan fingerprint density at radius 3 is 1.52 bits per heavy atom. The summed E-state index contributed by atoms with van der Waals surface area (Å²) in [5, 5.41) is 0. The molecule has 0 N–H and O–H groups in total. The van der Waals surface area contributed by atoms with E-state index in [1.807, 2.05) is 0 Å². The van der Waals surface area contributed by atoms with Gasteiger partial charge in [-0.3, -0.25) is 4.43 Å². The molecule has 0 saturated carbocycles. The lowest BCUT2D eigenvalue weighted by atomic mass is 10.1. The Balaban J connectivity index is 5.27. The van der Waals surface area contributed by atoms with Gasteiger partial charge in [0.15, 0.2) is 6.17 Å². The highest BCUT2D eigenvalue weighted by Crippen LogP contribution is 2.44. The van der Waals surface area contributed by atoms with Crippen LogP contribution in [0.25, 0.3) is 0 Å². The molecule has 1 atom stereocenters. The summed E-state index contributed by atoms with van der Waals surface area (Å²) in [4.78, 5) is 0. The first-order chi connectivity index (χ1) is 9.27. The lowest BCUT2D eigenvalue weighted by molar-refractivity contribution is -0.352. The van der Waals surface area contributed by atoms with Gasteiger partial charge in [-0.1, -0.05) is 0 Å². The zero-order valence-corrected chi connectivity index (χ0v) is 11.9. The molecule has 0 saturated heterocycles. The fourth-order valence-corrected chi connectivity index (χ4v) is 2.31. The fraction of sp³-hybridized carbons (Fsp3) is 1.00. The standard InChI is InChI=1S/C8H12F8O4Si/c1-17-21(18-2,19-3)20-8(15,16)7(13,14)5(9)4-6(10,11)12/h5H,4H2,1-3H3. The van der Waals surface area contributed by atoms with Gasteiger partial charge in [0.2, 0.25) is 0 Å². The first-order valence-electron chi connectivity index (χ1n) is 5.09. The van der Waals surface area contributed by atoms with Crippen LogP contribution in [0.2, 0.25) is 0 Å². The van der Waals surface area contributed by atoms with Crippen LogP contribution in [0.1, 0.15) is 6.42 Å². The van der Waals surface area contributed by atoms with Gasteiger partial charge in [0, 0.05) is 21.3 Å². The Bertz CT molecular complexity index is 324. The first-order valence-corrected chi connectivity index (χ1v) is 6.72. The maximum Gasteiger partial charge on any atom is 0.683 e. The molecule has 0 spiro atoms. The summed E-state index contributed by atoms with van der Waals surface area (Å²) in [5.74, 6) is -5.78.